The first-order valence-electron chi connectivity index (χ1n) is 10.1. The Hall–Kier alpha value is -2.71. The van der Waals surface area contributed by atoms with Gasteiger partial charge in [0.1, 0.15) is 0 Å². The predicted molar refractivity (Wildman–Crippen MR) is 115 cm³/mol. The van der Waals surface area contributed by atoms with Crippen molar-refractivity contribution in [3.63, 3.8) is 0 Å². The molecule has 1 fully saturated rings. The van der Waals surface area contributed by atoms with E-state index in [1.54, 1.807) is 30.3 Å². The van der Waals surface area contributed by atoms with Gasteiger partial charge in [0.25, 0.3) is 10.0 Å². The summed E-state index contributed by atoms with van der Waals surface area (Å²) in [4.78, 5) is 13.7. The monoisotopic (exact) mass is 455 g/mol. The largest absolute Gasteiger partial charge is 0.273 e. The number of rotatable bonds is 4. The third-order valence-electron chi connectivity index (χ3n) is 6.42. The Morgan fingerprint density at radius 1 is 0.903 bits per heavy atom. The number of aryl methyl sites for hydroxylation is 1. The van der Waals surface area contributed by atoms with E-state index in [1.165, 1.54) is 30.3 Å². The molecule has 4 atom stereocenters. The second-order valence-electron chi connectivity index (χ2n) is 8.21. The second kappa shape index (κ2) is 6.90. The van der Waals surface area contributed by atoms with Crippen molar-refractivity contribution in [3.8, 4) is 0 Å². The van der Waals surface area contributed by atoms with Crippen molar-refractivity contribution < 1.29 is 21.6 Å². The van der Waals surface area contributed by atoms with Gasteiger partial charge < -0.3 is 0 Å². The first-order valence-corrected chi connectivity index (χ1v) is 13.0. The van der Waals surface area contributed by atoms with Gasteiger partial charge in [0.05, 0.1) is 26.7 Å². The van der Waals surface area contributed by atoms with Gasteiger partial charge in [-0.15, -0.1) is 0 Å². The van der Waals surface area contributed by atoms with Crippen LogP contribution in [0.2, 0.25) is 0 Å². The number of sulfone groups is 1. The molecule has 0 aromatic heterocycles. The van der Waals surface area contributed by atoms with Crippen LogP contribution in [0.4, 0.5) is 0 Å². The second-order valence-corrected chi connectivity index (χ2v) is 12.0. The Morgan fingerprint density at radius 3 is 2.26 bits per heavy atom. The van der Waals surface area contributed by atoms with Crippen LogP contribution in [0.15, 0.2) is 87.5 Å². The number of benzene rings is 2. The highest BCUT2D eigenvalue weighted by molar-refractivity contribution is 7.95. The third-order valence-corrected chi connectivity index (χ3v) is 10.1. The maximum Gasteiger partial charge on any atom is 0.267 e. The molecule has 2 aliphatic carbocycles. The normalized spacial score (nSPS) is 27.3. The summed E-state index contributed by atoms with van der Waals surface area (Å²) in [7, 11) is -8.03. The smallest absolute Gasteiger partial charge is 0.267 e. The van der Waals surface area contributed by atoms with Gasteiger partial charge in [-0.25, -0.2) is 21.1 Å². The van der Waals surface area contributed by atoms with E-state index in [1.807, 2.05) is 19.1 Å². The first-order chi connectivity index (χ1) is 14.7. The van der Waals surface area contributed by atoms with Gasteiger partial charge in [-0.1, -0.05) is 48.0 Å². The Balaban J connectivity index is 1.65. The number of allylic oxidation sites excluding steroid dienone is 1. The van der Waals surface area contributed by atoms with Gasteiger partial charge >= 0.3 is 0 Å². The van der Waals surface area contributed by atoms with Crippen LogP contribution in [0.3, 0.4) is 0 Å². The molecule has 2 aromatic rings. The zero-order valence-corrected chi connectivity index (χ0v) is 18.4. The number of hydrogen-bond donors (Lipinski definition) is 0. The van der Waals surface area contributed by atoms with E-state index in [4.69, 9.17) is 0 Å². The number of piperidine rings is 1. The van der Waals surface area contributed by atoms with Crippen molar-refractivity contribution in [1.82, 2.24) is 4.31 Å². The first kappa shape index (κ1) is 20.2. The lowest BCUT2D eigenvalue weighted by Gasteiger charge is -2.49. The van der Waals surface area contributed by atoms with Crippen LogP contribution in [0, 0.1) is 24.7 Å². The zero-order chi connectivity index (χ0) is 22.0. The van der Waals surface area contributed by atoms with E-state index < -0.39 is 37.7 Å². The number of nitrogens with zero attached hydrogens (tertiary/aromatic N) is 1. The Labute approximate surface area is 181 Å². The van der Waals surface area contributed by atoms with Crippen LogP contribution in [0.25, 0.3) is 0 Å². The van der Waals surface area contributed by atoms with Gasteiger partial charge in [-0.2, -0.15) is 0 Å². The fourth-order valence-corrected chi connectivity index (χ4v) is 8.22. The molecule has 0 N–H and O–H groups in total. The highest BCUT2D eigenvalue weighted by Gasteiger charge is 2.58. The van der Waals surface area contributed by atoms with Crippen LogP contribution in [0.1, 0.15) is 12.0 Å². The van der Waals surface area contributed by atoms with Crippen molar-refractivity contribution in [2.75, 3.05) is 0 Å². The Bertz CT molecular complexity index is 1330. The summed E-state index contributed by atoms with van der Waals surface area (Å²) in [5, 5.41) is 0. The summed E-state index contributed by atoms with van der Waals surface area (Å²) in [5.41, 5.74) is 0.903. The van der Waals surface area contributed by atoms with Crippen molar-refractivity contribution in [2.45, 2.75) is 29.2 Å². The SMILES string of the molecule is Cc1ccc(S(=O)(=O)N2C(=O)[C@H]3C(S(=O)(=O)c4ccccc4)=C[C@H]2[C@H]2C=CC[C@@H]32)cc1. The molecule has 0 unspecified atom stereocenters. The predicted octanol–water partition coefficient (Wildman–Crippen LogP) is 3.07. The summed E-state index contributed by atoms with van der Waals surface area (Å²) in [6.45, 7) is 1.85. The fraction of sp³-hybridized carbons (Fsp3) is 0.261. The lowest BCUT2D eigenvalue weighted by molar-refractivity contribution is -0.137. The average molecular weight is 456 g/mol. The van der Waals surface area contributed by atoms with E-state index in [-0.39, 0.29) is 26.5 Å². The summed E-state index contributed by atoms with van der Waals surface area (Å²) >= 11 is 0. The molecule has 6 nitrogen and oxygen atoms in total. The van der Waals surface area contributed by atoms with Gasteiger partial charge in [0, 0.05) is 5.92 Å². The van der Waals surface area contributed by atoms with E-state index in [2.05, 4.69) is 0 Å². The molecule has 31 heavy (non-hydrogen) atoms. The Kier molecular flexibility index (Phi) is 4.50. The number of fused-ring (bicyclic) bond motifs is 1. The van der Waals surface area contributed by atoms with Crippen molar-refractivity contribution in [3.05, 3.63) is 83.3 Å². The zero-order valence-electron chi connectivity index (χ0n) is 16.7. The number of carbonyl (C=O) groups excluding carboxylic acids is 1. The summed E-state index contributed by atoms with van der Waals surface area (Å²) in [6, 6.07) is 13.4. The number of sulfonamides is 1. The highest BCUT2D eigenvalue weighted by Crippen LogP contribution is 2.52. The fourth-order valence-electron chi connectivity index (χ4n) is 4.92. The molecule has 1 saturated heterocycles. The minimum Gasteiger partial charge on any atom is -0.273 e. The summed E-state index contributed by atoms with van der Waals surface area (Å²) in [6.07, 6.45) is 5.86. The van der Waals surface area contributed by atoms with E-state index in [0.29, 0.717) is 6.42 Å². The van der Waals surface area contributed by atoms with Crippen molar-refractivity contribution in [2.24, 2.45) is 17.8 Å². The maximum absolute atomic E-state index is 13.5. The third kappa shape index (κ3) is 2.92. The lowest BCUT2D eigenvalue weighted by Crippen LogP contribution is -2.60. The standard InChI is InChI=1S/C23H21NO5S2/c1-15-10-12-17(13-11-15)31(28,29)24-20-14-21(30(26,27)16-6-3-2-4-7-16)22(23(24)25)19-9-5-8-18(19)20/h2-8,10-14,18-20,22H,9H2,1H3/t18-,19+,20-,22+/m0/s1. The van der Waals surface area contributed by atoms with E-state index in [0.717, 1.165) is 9.87 Å². The lowest BCUT2D eigenvalue weighted by atomic mass is 9.71. The highest BCUT2D eigenvalue weighted by atomic mass is 32.2. The molecule has 6 rings (SSSR count). The molecule has 0 saturated carbocycles. The van der Waals surface area contributed by atoms with E-state index in [9.17, 15) is 21.6 Å². The summed E-state index contributed by atoms with van der Waals surface area (Å²) < 4.78 is 54.5. The quantitative estimate of drug-likeness (QED) is 0.661. The molecular formula is C23H21NO5S2. The van der Waals surface area contributed by atoms with Gasteiger partial charge in [-0.3, -0.25) is 4.79 Å². The van der Waals surface area contributed by atoms with Crippen LogP contribution >= 0.6 is 0 Å². The average Bonchev–Trinajstić information content (AvgIpc) is 3.25. The number of amides is 1. The van der Waals surface area contributed by atoms with Gasteiger partial charge in [0.15, 0.2) is 0 Å². The van der Waals surface area contributed by atoms with Gasteiger partial charge in [-0.05, 0) is 49.6 Å². The van der Waals surface area contributed by atoms with Crippen molar-refractivity contribution >= 4 is 25.8 Å². The summed E-state index contributed by atoms with van der Waals surface area (Å²) in [5.74, 6) is -2.15. The molecule has 2 aliphatic heterocycles. The van der Waals surface area contributed by atoms with Crippen LogP contribution in [0.5, 0.6) is 0 Å². The molecule has 0 radical (unpaired) electrons. The molecule has 2 heterocycles. The number of hydrogen-bond acceptors (Lipinski definition) is 5. The van der Waals surface area contributed by atoms with Crippen LogP contribution in [-0.2, 0) is 24.7 Å². The Morgan fingerprint density at radius 2 is 1.58 bits per heavy atom. The molecule has 1 amide bonds. The molecule has 2 bridgehead atoms. The topological polar surface area (TPSA) is 88.6 Å². The molecule has 0 spiro atoms. The number of carbonyl (C=O) groups is 1. The molecular weight excluding hydrogens is 434 g/mol. The minimum absolute atomic E-state index is 0.0222. The maximum atomic E-state index is 13.5. The molecule has 2 aromatic carbocycles. The van der Waals surface area contributed by atoms with Crippen LogP contribution < -0.4 is 0 Å². The minimum atomic E-state index is -4.12. The molecule has 4 aliphatic rings. The molecule has 8 heteroatoms. The van der Waals surface area contributed by atoms with Crippen molar-refractivity contribution in [1.29, 1.82) is 0 Å². The molecule has 160 valence electrons. The van der Waals surface area contributed by atoms with Gasteiger partial charge in [0.2, 0.25) is 15.7 Å². The van der Waals surface area contributed by atoms with Crippen LogP contribution in [-0.4, -0.2) is 33.1 Å². The van der Waals surface area contributed by atoms with E-state index >= 15 is 0 Å².